The number of rotatable bonds is 3. The van der Waals surface area contributed by atoms with Gasteiger partial charge in [-0.3, -0.25) is 4.79 Å². The van der Waals surface area contributed by atoms with Crippen LogP contribution in [0.2, 0.25) is 0 Å². The Morgan fingerprint density at radius 1 is 0.800 bits per heavy atom. The zero-order valence-corrected chi connectivity index (χ0v) is 17.1. The molecule has 0 unspecified atom stereocenters. The van der Waals surface area contributed by atoms with E-state index in [1.165, 1.54) is 17.5 Å². The molecule has 1 aromatic heterocycles. The van der Waals surface area contributed by atoms with E-state index in [0.29, 0.717) is 11.5 Å². The highest BCUT2D eigenvalue weighted by Gasteiger charge is 2.24. The third kappa shape index (κ3) is 3.80. The van der Waals surface area contributed by atoms with Crippen LogP contribution in [0.25, 0.3) is 11.4 Å². The first-order chi connectivity index (χ1) is 14.8. The van der Waals surface area contributed by atoms with Gasteiger partial charge in [-0.05, 0) is 36.8 Å². The zero-order chi connectivity index (χ0) is 20.3. The number of hydrogen-bond donors (Lipinski definition) is 0. The van der Waals surface area contributed by atoms with Gasteiger partial charge in [0, 0.05) is 37.8 Å². The molecule has 0 radical (unpaired) electrons. The van der Waals surface area contributed by atoms with Gasteiger partial charge in [-0.25, -0.2) is 9.97 Å². The third-order valence-electron chi connectivity index (χ3n) is 6.06. The van der Waals surface area contributed by atoms with Crippen molar-refractivity contribution in [3.63, 3.8) is 0 Å². The van der Waals surface area contributed by atoms with E-state index >= 15 is 0 Å². The molecule has 30 heavy (non-hydrogen) atoms. The van der Waals surface area contributed by atoms with Crippen LogP contribution >= 0.6 is 0 Å². The molecule has 0 N–H and O–H groups in total. The summed E-state index contributed by atoms with van der Waals surface area (Å²) in [7, 11) is 0. The van der Waals surface area contributed by atoms with Crippen molar-refractivity contribution >= 4 is 11.7 Å². The Morgan fingerprint density at radius 3 is 2.33 bits per heavy atom. The molecule has 152 valence electrons. The molecule has 5 heteroatoms. The quantitative estimate of drug-likeness (QED) is 0.659. The third-order valence-corrected chi connectivity index (χ3v) is 6.06. The van der Waals surface area contributed by atoms with Crippen LogP contribution < -0.4 is 4.90 Å². The first-order valence-corrected chi connectivity index (χ1v) is 10.8. The van der Waals surface area contributed by atoms with Crippen molar-refractivity contribution in [1.29, 1.82) is 0 Å². The van der Waals surface area contributed by atoms with E-state index in [4.69, 9.17) is 4.98 Å². The predicted octanol–water partition coefficient (Wildman–Crippen LogP) is 4.33. The lowest BCUT2D eigenvalue weighted by molar-refractivity contribution is 0.0718. The topological polar surface area (TPSA) is 49.3 Å². The number of hydrogen-bond acceptors (Lipinski definition) is 4. The molecule has 5 rings (SSSR count). The minimum Gasteiger partial charge on any atom is -0.352 e. The Hall–Kier alpha value is -3.21. The molecule has 1 saturated heterocycles. The number of fused-ring (bicyclic) bond motifs is 1. The van der Waals surface area contributed by atoms with Crippen molar-refractivity contribution in [2.75, 3.05) is 24.5 Å². The molecular weight excluding hydrogens is 372 g/mol. The van der Waals surface area contributed by atoms with Gasteiger partial charge in [-0.15, -0.1) is 0 Å². The molecule has 5 nitrogen and oxygen atoms in total. The molecule has 3 aromatic rings. The first kappa shape index (κ1) is 18.8. The molecule has 3 heterocycles. The molecule has 0 aliphatic carbocycles. The highest BCUT2D eigenvalue weighted by molar-refractivity contribution is 5.93. The summed E-state index contributed by atoms with van der Waals surface area (Å²) in [5, 5.41) is 0. The Bertz CT molecular complexity index is 1040. The first-order valence-electron chi connectivity index (χ1n) is 10.8. The monoisotopic (exact) mass is 398 g/mol. The lowest BCUT2D eigenvalue weighted by Crippen LogP contribution is -2.36. The number of amides is 1. The zero-order valence-electron chi connectivity index (χ0n) is 17.1. The lowest BCUT2D eigenvalue weighted by atomic mass is 10.00. The average molecular weight is 399 g/mol. The Balaban J connectivity index is 1.52. The number of nitrogens with zero attached hydrogens (tertiary/aromatic N) is 4. The van der Waals surface area contributed by atoms with Gasteiger partial charge in [0.05, 0.1) is 0 Å². The van der Waals surface area contributed by atoms with Crippen molar-refractivity contribution in [3.05, 3.63) is 77.5 Å². The molecule has 0 bridgehead atoms. The number of aromatic nitrogens is 2. The fraction of sp³-hybridized carbons (Fsp3) is 0.320. The van der Waals surface area contributed by atoms with Crippen molar-refractivity contribution in [1.82, 2.24) is 14.9 Å². The van der Waals surface area contributed by atoms with Gasteiger partial charge >= 0.3 is 0 Å². The van der Waals surface area contributed by atoms with E-state index in [1.54, 1.807) is 0 Å². The van der Waals surface area contributed by atoms with E-state index in [9.17, 15) is 4.79 Å². The van der Waals surface area contributed by atoms with Crippen LogP contribution in [0.5, 0.6) is 0 Å². The molecule has 0 saturated carbocycles. The largest absolute Gasteiger partial charge is 0.352 e. The second kappa shape index (κ2) is 8.27. The van der Waals surface area contributed by atoms with E-state index in [2.05, 4.69) is 34.1 Å². The number of piperidine rings is 1. The van der Waals surface area contributed by atoms with E-state index in [-0.39, 0.29) is 5.91 Å². The van der Waals surface area contributed by atoms with Crippen molar-refractivity contribution < 1.29 is 4.79 Å². The van der Waals surface area contributed by atoms with Gasteiger partial charge in [0.15, 0.2) is 5.82 Å². The van der Waals surface area contributed by atoms with Crippen LogP contribution in [0.3, 0.4) is 0 Å². The van der Waals surface area contributed by atoms with Crippen molar-refractivity contribution in [3.8, 4) is 11.4 Å². The van der Waals surface area contributed by atoms with Crippen LogP contribution in [0.4, 0.5) is 5.82 Å². The van der Waals surface area contributed by atoms with E-state index in [0.717, 1.165) is 56.8 Å². The molecule has 1 fully saturated rings. The maximum atomic E-state index is 13.2. The van der Waals surface area contributed by atoms with Crippen molar-refractivity contribution in [2.24, 2.45) is 0 Å². The van der Waals surface area contributed by atoms with Crippen LogP contribution in [0, 0.1) is 0 Å². The maximum Gasteiger partial charge on any atom is 0.272 e. The number of carbonyl (C=O) groups excluding carboxylic acids is 1. The minimum absolute atomic E-state index is 0.0212. The molecule has 2 aromatic carbocycles. The van der Waals surface area contributed by atoms with Crippen LogP contribution in [-0.4, -0.2) is 40.4 Å². The second-order valence-electron chi connectivity index (χ2n) is 8.09. The summed E-state index contributed by atoms with van der Waals surface area (Å²) in [6.45, 7) is 3.32. The highest BCUT2D eigenvalue weighted by Crippen LogP contribution is 2.26. The number of likely N-dealkylation sites (tertiary alicyclic amines) is 1. The van der Waals surface area contributed by atoms with Gasteiger partial charge in [-0.1, -0.05) is 54.6 Å². The Labute approximate surface area is 177 Å². The fourth-order valence-corrected chi connectivity index (χ4v) is 4.37. The summed E-state index contributed by atoms with van der Waals surface area (Å²) in [4.78, 5) is 27.0. The van der Waals surface area contributed by atoms with Crippen LogP contribution in [0.15, 0.2) is 60.7 Å². The SMILES string of the molecule is O=C(c1cc(N2CCc3ccccc3C2)nc(-c2ccccc2)n1)N1CCCCC1. The number of carbonyl (C=O) groups is 1. The standard InChI is InChI=1S/C25H26N4O/c30-25(28-14-7-2-8-15-28)22-17-23(27-24(26-22)20-10-3-1-4-11-20)29-16-13-19-9-5-6-12-21(19)18-29/h1,3-6,9-12,17H,2,7-8,13-16,18H2. The summed E-state index contributed by atoms with van der Waals surface area (Å²) < 4.78 is 0. The summed E-state index contributed by atoms with van der Waals surface area (Å²) in [6.07, 6.45) is 4.31. The number of anilines is 1. The minimum atomic E-state index is 0.0212. The summed E-state index contributed by atoms with van der Waals surface area (Å²) in [6, 6.07) is 20.4. The van der Waals surface area contributed by atoms with Gasteiger partial charge in [0.25, 0.3) is 5.91 Å². The van der Waals surface area contributed by atoms with Gasteiger partial charge < -0.3 is 9.80 Å². The molecule has 0 atom stereocenters. The molecule has 1 amide bonds. The van der Waals surface area contributed by atoms with Crippen molar-refractivity contribution in [2.45, 2.75) is 32.2 Å². The molecule has 2 aliphatic rings. The highest BCUT2D eigenvalue weighted by atomic mass is 16.2. The smallest absolute Gasteiger partial charge is 0.272 e. The van der Waals surface area contributed by atoms with Gasteiger partial charge in [-0.2, -0.15) is 0 Å². The predicted molar refractivity (Wildman–Crippen MR) is 118 cm³/mol. The molecule has 2 aliphatic heterocycles. The Morgan fingerprint density at radius 2 is 1.53 bits per heavy atom. The lowest BCUT2D eigenvalue weighted by Gasteiger charge is -2.31. The van der Waals surface area contributed by atoms with Crippen LogP contribution in [0.1, 0.15) is 40.9 Å². The second-order valence-corrected chi connectivity index (χ2v) is 8.09. The normalized spacial score (nSPS) is 16.3. The Kier molecular flexibility index (Phi) is 5.18. The fourth-order valence-electron chi connectivity index (χ4n) is 4.37. The summed E-state index contributed by atoms with van der Waals surface area (Å²) in [5.41, 5.74) is 4.16. The summed E-state index contributed by atoms with van der Waals surface area (Å²) >= 11 is 0. The van der Waals surface area contributed by atoms with E-state index in [1.807, 2.05) is 41.3 Å². The molecular formula is C25H26N4O. The molecule has 0 spiro atoms. The van der Waals surface area contributed by atoms with E-state index < -0.39 is 0 Å². The number of benzene rings is 2. The summed E-state index contributed by atoms with van der Waals surface area (Å²) in [5.74, 6) is 1.47. The van der Waals surface area contributed by atoms with Crippen LogP contribution in [-0.2, 0) is 13.0 Å². The van der Waals surface area contributed by atoms with Gasteiger partial charge in [0.2, 0.25) is 0 Å². The average Bonchev–Trinajstić information content (AvgIpc) is 2.84. The van der Waals surface area contributed by atoms with Gasteiger partial charge in [0.1, 0.15) is 11.5 Å². The maximum absolute atomic E-state index is 13.2.